The average Bonchev–Trinajstić information content (AvgIpc) is 2.68. The molecule has 0 N–H and O–H groups in total. The SMILES string of the molecule is C=C1C(=O)O[C@H]2C3=C(C(=O)C[C@@H]3C)[C@@H](C)CC[C@@H]12. The first-order valence-corrected chi connectivity index (χ1v) is 6.67. The Kier molecular flexibility index (Phi) is 2.47. The molecule has 3 nitrogen and oxygen atoms in total. The molecule has 0 bridgehead atoms. The lowest BCUT2D eigenvalue weighted by Crippen LogP contribution is -2.21. The predicted molar refractivity (Wildman–Crippen MR) is 66.7 cm³/mol. The lowest BCUT2D eigenvalue weighted by Gasteiger charge is -2.20. The molecule has 4 atom stereocenters. The van der Waals surface area contributed by atoms with Crippen LogP contribution in [0.3, 0.4) is 0 Å². The highest BCUT2D eigenvalue weighted by molar-refractivity contribution is 6.00. The van der Waals surface area contributed by atoms with Gasteiger partial charge in [-0.2, -0.15) is 0 Å². The predicted octanol–water partition coefficient (Wildman–Crippen LogP) is 2.42. The van der Waals surface area contributed by atoms with Gasteiger partial charge in [0, 0.05) is 23.5 Å². The van der Waals surface area contributed by atoms with E-state index in [9.17, 15) is 9.59 Å². The zero-order chi connectivity index (χ0) is 13.0. The van der Waals surface area contributed by atoms with Crippen LogP contribution >= 0.6 is 0 Å². The summed E-state index contributed by atoms with van der Waals surface area (Å²) in [6.07, 6.45) is 2.19. The maximum absolute atomic E-state index is 12.1. The minimum atomic E-state index is -0.280. The maximum atomic E-state index is 12.1. The van der Waals surface area contributed by atoms with Crippen LogP contribution in [0.25, 0.3) is 0 Å². The van der Waals surface area contributed by atoms with E-state index in [0.717, 1.165) is 24.0 Å². The molecule has 1 saturated heterocycles. The summed E-state index contributed by atoms with van der Waals surface area (Å²) < 4.78 is 5.49. The zero-order valence-corrected chi connectivity index (χ0v) is 10.9. The molecule has 3 rings (SSSR count). The molecule has 0 aromatic heterocycles. The summed E-state index contributed by atoms with van der Waals surface area (Å²) in [6, 6.07) is 0. The number of ether oxygens (including phenoxy) is 1. The van der Waals surface area contributed by atoms with Gasteiger partial charge in [0.15, 0.2) is 5.78 Å². The first-order chi connectivity index (χ1) is 8.50. The summed E-state index contributed by atoms with van der Waals surface area (Å²) >= 11 is 0. The van der Waals surface area contributed by atoms with Crippen molar-refractivity contribution in [1.82, 2.24) is 0 Å². The molecule has 0 amide bonds. The molecule has 0 saturated carbocycles. The molecule has 1 heterocycles. The number of allylic oxidation sites excluding steroid dienone is 1. The number of fused-ring (bicyclic) bond motifs is 2. The van der Waals surface area contributed by atoms with Crippen molar-refractivity contribution in [3.63, 3.8) is 0 Å². The van der Waals surface area contributed by atoms with E-state index in [2.05, 4.69) is 20.4 Å². The number of ketones is 1. The van der Waals surface area contributed by atoms with Crippen molar-refractivity contribution in [2.24, 2.45) is 17.8 Å². The van der Waals surface area contributed by atoms with Gasteiger partial charge in [0.1, 0.15) is 6.10 Å². The van der Waals surface area contributed by atoms with Crippen molar-refractivity contribution in [3.8, 4) is 0 Å². The van der Waals surface area contributed by atoms with Crippen LogP contribution in [0.15, 0.2) is 23.3 Å². The third-order valence-corrected chi connectivity index (χ3v) is 4.65. The van der Waals surface area contributed by atoms with Crippen LogP contribution in [0.1, 0.15) is 33.1 Å². The molecule has 0 aromatic rings. The molecular weight excluding hydrogens is 228 g/mol. The van der Waals surface area contributed by atoms with Crippen LogP contribution in [0.2, 0.25) is 0 Å². The zero-order valence-electron chi connectivity index (χ0n) is 10.9. The van der Waals surface area contributed by atoms with Gasteiger partial charge in [-0.25, -0.2) is 4.79 Å². The van der Waals surface area contributed by atoms with Crippen LogP contribution in [0.4, 0.5) is 0 Å². The highest BCUT2D eigenvalue weighted by Crippen LogP contribution is 2.47. The van der Waals surface area contributed by atoms with Gasteiger partial charge >= 0.3 is 5.97 Å². The number of Topliss-reactive ketones (excluding diaryl/α,β-unsaturated/α-hetero) is 1. The molecule has 0 unspecified atom stereocenters. The van der Waals surface area contributed by atoms with Gasteiger partial charge < -0.3 is 4.74 Å². The smallest absolute Gasteiger partial charge is 0.334 e. The monoisotopic (exact) mass is 246 g/mol. The van der Waals surface area contributed by atoms with Crippen LogP contribution in [-0.2, 0) is 14.3 Å². The Hall–Kier alpha value is -1.38. The second-order valence-electron chi connectivity index (χ2n) is 5.83. The summed E-state index contributed by atoms with van der Waals surface area (Å²) in [7, 11) is 0. The first-order valence-electron chi connectivity index (χ1n) is 6.67. The van der Waals surface area contributed by atoms with E-state index in [0.29, 0.717) is 12.0 Å². The third-order valence-electron chi connectivity index (χ3n) is 4.65. The van der Waals surface area contributed by atoms with Crippen molar-refractivity contribution in [3.05, 3.63) is 23.3 Å². The molecular formula is C15H18O3. The molecule has 1 fully saturated rings. The fourth-order valence-electron chi connectivity index (χ4n) is 3.70. The van der Waals surface area contributed by atoms with E-state index in [1.165, 1.54) is 0 Å². The van der Waals surface area contributed by atoms with E-state index in [1.54, 1.807) is 0 Å². The van der Waals surface area contributed by atoms with Crippen LogP contribution in [-0.4, -0.2) is 17.9 Å². The molecule has 18 heavy (non-hydrogen) atoms. The third kappa shape index (κ3) is 1.43. The fraction of sp³-hybridized carbons (Fsp3) is 0.600. The standard InChI is InChI=1S/C15H18O3/c1-7-4-5-10-9(3)15(17)18-14(10)13-8(2)6-11(16)12(7)13/h7-8,10,14H,3-6H2,1-2H3/t7-,8-,10-,14+/m0/s1. The van der Waals surface area contributed by atoms with Crippen molar-refractivity contribution in [1.29, 1.82) is 0 Å². The number of hydrogen-bond acceptors (Lipinski definition) is 3. The second-order valence-corrected chi connectivity index (χ2v) is 5.83. The highest BCUT2D eigenvalue weighted by atomic mass is 16.6. The summed E-state index contributed by atoms with van der Waals surface area (Å²) in [5, 5.41) is 0. The highest BCUT2D eigenvalue weighted by Gasteiger charge is 2.48. The lowest BCUT2D eigenvalue weighted by molar-refractivity contribution is -0.138. The molecule has 0 spiro atoms. The van der Waals surface area contributed by atoms with Crippen molar-refractivity contribution < 1.29 is 14.3 Å². The molecule has 3 heteroatoms. The van der Waals surface area contributed by atoms with E-state index >= 15 is 0 Å². The van der Waals surface area contributed by atoms with Gasteiger partial charge in [0.05, 0.1) is 0 Å². The van der Waals surface area contributed by atoms with Crippen molar-refractivity contribution in [2.45, 2.75) is 39.2 Å². The molecule has 2 aliphatic carbocycles. The van der Waals surface area contributed by atoms with Gasteiger partial charge in [-0.3, -0.25) is 4.79 Å². The Labute approximate surface area is 107 Å². The largest absolute Gasteiger partial charge is 0.454 e. The van der Waals surface area contributed by atoms with Crippen molar-refractivity contribution in [2.75, 3.05) is 0 Å². The Morgan fingerprint density at radius 3 is 2.61 bits per heavy atom. The van der Waals surface area contributed by atoms with E-state index < -0.39 is 0 Å². The Bertz CT molecular complexity index is 486. The Morgan fingerprint density at radius 1 is 1.17 bits per heavy atom. The topological polar surface area (TPSA) is 43.4 Å². The van der Waals surface area contributed by atoms with Crippen LogP contribution in [0.5, 0.6) is 0 Å². The normalized spacial score (nSPS) is 39.6. The van der Waals surface area contributed by atoms with E-state index in [4.69, 9.17) is 4.74 Å². The van der Waals surface area contributed by atoms with E-state index in [1.807, 2.05) is 0 Å². The van der Waals surface area contributed by atoms with E-state index in [-0.39, 0.29) is 35.6 Å². The second kappa shape index (κ2) is 3.81. The maximum Gasteiger partial charge on any atom is 0.334 e. The number of esters is 1. The summed E-state index contributed by atoms with van der Waals surface area (Å²) in [6.45, 7) is 8.03. The fourth-order valence-corrected chi connectivity index (χ4v) is 3.70. The van der Waals surface area contributed by atoms with Gasteiger partial charge in [0.25, 0.3) is 0 Å². The van der Waals surface area contributed by atoms with Crippen LogP contribution in [0, 0.1) is 17.8 Å². The summed E-state index contributed by atoms with van der Waals surface area (Å²) in [5.74, 6) is 0.548. The summed E-state index contributed by atoms with van der Waals surface area (Å²) in [4.78, 5) is 23.8. The van der Waals surface area contributed by atoms with Gasteiger partial charge in [0.2, 0.25) is 0 Å². The minimum absolute atomic E-state index is 0.0841. The molecule has 0 aromatic carbocycles. The Morgan fingerprint density at radius 2 is 1.89 bits per heavy atom. The molecule has 1 aliphatic heterocycles. The number of carbonyl (C=O) groups is 2. The number of hydrogen-bond donors (Lipinski definition) is 0. The molecule has 96 valence electrons. The number of carbonyl (C=O) groups excluding carboxylic acids is 2. The quantitative estimate of drug-likeness (QED) is 0.487. The van der Waals surface area contributed by atoms with Crippen molar-refractivity contribution >= 4 is 11.8 Å². The molecule has 3 aliphatic rings. The minimum Gasteiger partial charge on any atom is -0.454 e. The van der Waals surface area contributed by atoms with Gasteiger partial charge in [-0.1, -0.05) is 20.4 Å². The molecule has 0 radical (unpaired) electrons. The summed E-state index contributed by atoms with van der Waals surface area (Å²) in [5.41, 5.74) is 2.62. The Balaban J connectivity index is 2.10. The average molecular weight is 246 g/mol. The number of rotatable bonds is 0. The van der Waals surface area contributed by atoms with Gasteiger partial charge in [-0.15, -0.1) is 0 Å². The lowest BCUT2D eigenvalue weighted by atomic mass is 9.86. The first kappa shape index (κ1) is 11.7. The van der Waals surface area contributed by atoms with Crippen LogP contribution < -0.4 is 0 Å². The van der Waals surface area contributed by atoms with Gasteiger partial charge in [-0.05, 0) is 30.3 Å².